The number of piperidine rings is 1. The lowest BCUT2D eigenvalue weighted by Crippen LogP contribution is -2.38. The molecule has 100 valence electrons. The van der Waals surface area contributed by atoms with Crippen LogP contribution >= 0.6 is 0 Å². The molecule has 0 aromatic carbocycles. The van der Waals surface area contributed by atoms with Crippen molar-refractivity contribution >= 4 is 10.0 Å². The summed E-state index contributed by atoms with van der Waals surface area (Å²) in [5, 5.41) is 3.26. The molecular weight excluding hydrogens is 236 g/mol. The summed E-state index contributed by atoms with van der Waals surface area (Å²) < 4.78 is 26.6. The van der Waals surface area contributed by atoms with Gasteiger partial charge in [0.25, 0.3) is 0 Å². The van der Waals surface area contributed by atoms with Crippen LogP contribution in [0.2, 0.25) is 0 Å². The van der Waals surface area contributed by atoms with Crippen molar-refractivity contribution in [2.24, 2.45) is 17.8 Å². The van der Waals surface area contributed by atoms with E-state index in [9.17, 15) is 8.42 Å². The van der Waals surface area contributed by atoms with Crippen LogP contribution in [0.15, 0.2) is 0 Å². The molecule has 5 heteroatoms. The fourth-order valence-electron chi connectivity index (χ4n) is 2.53. The van der Waals surface area contributed by atoms with E-state index in [1.807, 2.05) is 0 Å². The zero-order valence-corrected chi connectivity index (χ0v) is 11.4. The molecular formula is C12H24N2O2S. The first-order chi connectivity index (χ1) is 8.07. The van der Waals surface area contributed by atoms with Gasteiger partial charge >= 0.3 is 0 Å². The van der Waals surface area contributed by atoms with Crippen molar-refractivity contribution in [1.29, 1.82) is 0 Å². The van der Waals surface area contributed by atoms with Gasteiger partial charge in [0.15, 0.2) is 0 Å². The predicted molar refractivity (Wildman–Crippen MR) is 69.3 cm³/mol. The molecule has 0 aromatic heterocycles. The highest BCUT2D eigenvalue weighted by Crippen LogP contribution is 2.36. The quantitative estimate of drug-likeness (QED) is 0.747. The SMILES string of the molecule is CC(CNS(=O)(=O)CC1CCCNC1)C1CC1. The number of sulfonamides is 1. The maximum Gasteiger partial charge on any atom is 0.211 e. The Morgan fingerprint density at radius 3 is 2.71 bits per heavy atom. The highest BCUT2D eigenvalue weighted by molar-refractivity contribution is 7.89. The lowest BCUT2D eigenvalue weighted by Gasteiger charge is -2.23. The van der Waals surface area contributed by atoms with E-state index in [0.717, 1.165) is 31.8 Å². The third kappa shape index (κ3) is 4.56. The molecule has 0 aromatic rings. The summed E-state index contributed by atoms with van der Waals surface area (Å²) in [6, 6.07) is 0. The minimum atomic E-state index is -3.07. The largest absolute Gasteiger partial charge is 0.316 e. The van der Waals surface area contributed by atoms with Crippen LogP contribution in [-0.4, -0.2) is 33.8 Å². The van der Waals surface area contributed by atoms with Crippen molar-refractivity contribution in [2.45, 2.75) is 32.6 Å². The van der Waals surface area contributed by atoms with Gasteiger partial charge in [-0.15, -0.1) is 0 Å². The van der Waals surface area contributed by atoms with Gasteiger partial charge in [-0.25, -0.2) is 13.1 Å². The smallest absolute Gasteiger partial charge is 0.211 e. The van der Waals surface area contributed by atoms with E-state index in [-0.39, 0.29) is 11.7 Å². The van der Waals surface area contributed by atoms with E-state index in [2.05, 4.69) is 17.0 Å². The summed E-state index contributed by atoms with van der Waals surface area (Å²) in [5.41, 5.74) is 0. The molecule has 1 saturated heterocycles. The number of hydrogen-bond donors (Lipinski definition) is 2. The molecule has 1 aliphatic carbocycles. The Kier molecular flexibility index (Phi) is 4.44. The van der Waals surface area contributed by atoms with Gasteiger partial charge in [-0.1, -0.05) is 6.92 Å². The van der Waals surface area contributed by atoms with E-state index in [1.165, 1.54) is 12.8 Å². The van der Waals surface area contributed by atoms with Crippen molar-refractivity contribution in [2.75, 3.05) is 25.4 Å². The Hall–Kier alpha value is -0.130. The minimum absolute atomic E-state index is 0.289. The van der Waals surface area contributed by atoms with Crippen molar-refractivity contribution in [3.8, 4) is 0 Å². The maximum absolute atomic E-state index is 11.9. The van der Waals surface area contributed by atoms with Gasteiger partial charge in [-0.3, -0.25) is 0 Å². The van der Waals surface area contributed by atoms with E-state index < -0.39 is 10.0 Å². The van der Waals surface area contributed by atoms with E-state index >= 15 is 0 Å². The van der Waals surface area contributed by atoms with Gasteiger partial charge in [-0.05, 0) is 56.5 Å². The fourth-order valence-corrected chi connectivity index (χ4v) is 4.07. The molecule has 17 heavy (non-hydrogen) atoms. The Bertz CT molecular complexity index is 332. The normalized spacial score (nSPS) is 27.9. The molecule has 0 spiro atoms. The van der Waals surface area contributed by atoms with E-state index in [0.29, 0.717) is 12.5 Å². The second-order valence-corrected chi connectivity index (χ2v) is 7.51. The van der Waals surface area contributed by atoms with Gasteiger partial charge in [-0.2, -0.15) is 0 Å². The topological polar surface area (TPSA) is 58.2 Å². The standard InChI is InChI=1S/C12H24N2O2S/c1-10(12-4-5-12)7-14-17(15,16)9-11-3-2-6-13-8-11/h10-14H,2-9H2,1H3. The summed E-state index contributed by atoms with van der Waals surface area (Å²) >= 11 is 0. The fraction of sp³-hybridized carbons (Fsp3) is 1.00. The molecule has 0 amide bonds. The molecule has 1 aliphatic heterocycles. The van der Waals surface area contributed by atoms with Crippen LogP contribution in [0.5, 0.6) is 0 Å². The average molecular weight is 260 g/mol. The lowest BCUT2D eigenvalue weighted by molar-refractivity contribution is 0.401. The second-order valence-electron chi connectivity index (χ2n) is 5.66. The van der Waals surface area contributed by atoms with Gasteiger partial charge in [0.2, 0.25) is 10.0 Å². The Labute approximate surface area is 105 Å². The van der Waals surface area contributed by atoms with Gasteiger partial charge in [0, 0.05) is 6.54 Å². The van der Waals surface area contributed by atoms with Crippen LogP contribution in [0, 0.1) is 17.8 Å². The van der Waals surface area contributed by atoms with Crippen molar-refractivity contribution in [1.82, 2.24) is 10.0 Å². The summed E-state index contributed by atoms with van der Waals surface area (Å²) in [6.07, 6.45) is 4.68. The third-order valence-electron chi connectivity index (χ3n) is 3.91. The van der Waals surface area contributed by atoms with Gasteiger partial charge < -0.3 is 5.32 Å². The Morgan fingerprint density at radius 1 is 1.35 bits per heavy atom. The van der Waals surface area contributed by atoms with Crippen molar-refractivity contribution in [3.05, 3.63) is 0 Å². The van der Waals surface area contributed by atoms with E-state index in [1.54, 1.807) is 0 Å². The molecule has 2 atom stereocenters. The van der Waals surface area contributed by atoms with Gasteiger partial charge in [0.05, 0.1) is 5.75 Å². The Morgan fingerprint density at radius 2 is 2.12 bits per heavy atom. The number of nitrogens with one attached hydrogen (secondary N) is 2. The molecule has 0 bridgehead atoms. The highest BCUT2D eigenvalue weighted by atomic mass is 32.2. The van der Waals surface area contributed by atoms with Crippen LogP contribution < -0.4 is 10.0 Å². The molecule has 2 aliphatic rings. The summed E-state index contributed by atoms with van der Waals surface area (Å²) in [5.74, 6) is 1.83. The van der Waals surface area contributed by atoms with Crippen LogP contribution in [0.4, 0.5) is 0 Å². The first kappa shape index (κ1) is 13.3. The molecule has 1 saturated carbocycles. The predicted octanol–water partition coefficient (Wildman–Crippen LogP) is 0.951. The van der Waals surface area contributed by atoms with Crippen molar-refractivity contribution in [3.63, 3.8) is 0 Å². The molecule has 0 radical (unpaired) electrons. The van der Waals surface area contributed by atoms with Crippen molar-refractivity contribution < 1.29 is 8.42 Å². The number of rotatable bonds is 6. The zero-order valence-electron chi connectivity index (χ0n) is 10.6. The summed E-state index contributed by atoms with van der Waals surface area (Å²) in [4.78, 5) is 0. The maximum atomic E-state index is 11.9. The zero-order chi connectivity index (χ0) is 12.3. The Balaban J connectivity index is 1.73. The minimum Gasteiger partial charge on any atom is -0.316 e. The average Bonchev–Trinajstić information content (AvgIpc) is 3.10. The third-order valence-corrected chi connectivity index (χ3v) is 5.42. The van der Waals surface area contributed by atoms with Crippen LogP contribution in [0.3, 0.4) is 0 Å². The second kappa shape index (κ2) is 5.67. The monoisotopic (exact) mass is 260 g/mol. The summed E-state index contributed by atoms with van der Waals surface area (Å²) in [6.45, 7) is 4.64. The molecule has 2 unspecified atom stereocenters. The first-order valence-electron chi connectivity index (χ1n) is 6.75. The van der Waals surface area contributed by atoms with Crippen LogP contribution in [-0.2, 0) is 10.0 Å². The lowest BCUT2D eigenvalue weighted by atomic mass is 10.0. The van der Waals surface area contributed by atoms with Gasteiger partial charge in [0.1, 0.15) is 0 Å². The molecule has 2 rings (SSSR count). The van der Waals surface area contributed by atoms with Crippen LogP contribution in [0.25, 0.3) is 0 Å². The number of hydrogen-bond acceptors (Lipinski definition) is 3. The first-order valence-corrected chi connectivity index (χ1v) is 8.40. The summed E-state index contributed by atoms with van der Waals surface area (Å²) in [7, 11) is -3.07. The highest BCUT2D eigenvalue weighted by Gasteiger charge is 2.29. The molecule has 2 N–H and O–H groups in total. The molecule has 1 heterocycles. The molecule has 4 nitrogen and oxygen atoms in total. The van der Waals surface area contributed by atoms with E-state index in [4.69, 9.17) is 0 Å². The molecule has 2 fully saturated rings. The van der Waals surface area contributed by atoms with Crippen LogP contribution in [0.1, 0.15) is 32.6 Å².